The van der Waals surface area contributed by atoms with Gasteiger partial charge in [-0.05, 0) is 82.7 Å². The van der Waals surface area contributed by atoms with Crippen molar-refractivity contribution in [2.45, 2.75) is 22.3 Å². The second-order valence-electron chi connectivity index (χ2n) is 21.2. The van der Waals surface area contributed by atoms with Crippen LogP contribution in [0.4, 0.5) is 0 Å². The molecule has 4 aromatic heterocycles. The Morgan fingerprint density at radius 2 is 0.570 bits per heavy atom. The molecule has 0 aliphatic rings. The largest absolute Gasteiger partial charge is 0.488 e. The molecule has 14 aromatic carbocycles. The molecule has 0 aliphatic carbocycles. The minimum absolute atomic E-state index is 0. The smallest absolute Gasteiger partial charge is 0.423 e. The second kappa shape index (κ2) is 32.6. The lowest BCUT2D eigenvalue weighted by atomic mass is 9.80. The van der Waals surface area contributed by atoms with Gasteiger partial charge in [-0.15, -0.1) is 0 Å². The fraction of sp³-hybridized carbons (Fsp3) is 0.0323. The molecule has 4 heterocycles. The Hall–Kier alpha value is -12.6. The summed E-state index contributed by atoms with van der Waals surface area (Å²) >= 11 is 6.16. The summed E-state index contributed by atoms with van der Waals surface area (Å²) in [6, 6.07) is -31.6. The first kappa shape index (κ1) is 32.0. The van der Waals surface area contributed by atoms with E-state index < -0.39 is 459 Å². The van der Waals surface area contributed by atoms with E-state index in [1.807, 2.05) is 0 Å². The van der Waals surface area contributed by atoms with Crippen molar-refractivity contribution in [3.63, 3.8) is 0 Å². The van der Waals surface area contributed by atoms with Gasteiger partial charge in [0.1, 0.15) is 0 Å². The van der Waals surface area contributed by atoms with Gasteiger partial charge in [-0.1, -0.05) is 385 Å². The Morgan fingerprint density at radius 1 is 0.280 bits per heavy atom. The van der Waals surface area contributed by atoms with Crippen molar-refractivity contribution in [1.29, 1.82) is 0 Å². The normalized spacial score (nSPS) is 18.2. The van der Waals surface area contributed by atoms with Gasteiger partial charge in [-0.25, -0.2) is 4.98 Å². The lowest BCUT2D eigenvalue weighted by Gasteiger charge is -2.34. The van der Waals surface area contributed by atoms with Crippen molar-refractivity contribution in [1.82, 2.24) is 39.0 Å². The number of hydrogen-bond acceptors (Lipinski definition) is 8. The van der Waals surface area contributed by atoms with Gasteiger partial charge in [0.05, 0.1) is 96.1 Å². The number of para-hydroxylation sites is 4. The molecule has 0 aliphatic heterocycles. The Labute approximate surface area is 708 Å². The molecule has 0 fully saturated rings. The molecule has 0 amide bonds. The quantitative estimate of drug-likeness (QED) is 0.0814. The summed E-state index contributed by atoms with van der Waals surface area (Å²) in [7, 11) is -13.2. The van der Waals surface area contributed by atoms with Crippen molar-refractivity contribution in [3.05, 3.63) is 392 Å². The van der Waals surface area contributed by atoms with E-state index in [0.717, 1.165) is 9.13 Å². The van der Waals surface area contributed by atoms with Crippen molar-refractivity contribution in [3.8, 4) is 46.1 Å². The number of halogens is 1. The first-order chi connectivity index (χ1) is 73.8. The van der Waals surface area contributed by atoms with Crippen molar-refractivity contribution < 1.29 is 84.1 Å². The highest BCUT2D eigenvalue weighted by molar-refractivity contribution is 7.20. The molecule has 0 saturated heterocycles. The van der Waals surface area contributed by atoms with Gasteiger partial charge >= 0.3 is 7.12 Å². The van der Waals surface area contributed by atoms with Crippen LogP contribution in [0.25, 0.3) is 89.7 Å². The van der Waals surface area contributed by atoms with E-state index in [1.165, 1.54) is 54.6 Å². The molecule has 10 nitrogen and oxygen atoms in total. The predicted molar refractivity (Wildman–Crippen MR) is 453 cm³/mol. The van der Waals surface area contributed by atoms with Gasteiger partial charge in [-0.2, -0.15) is 24.9 Å². The Morgan fingerprint density at radius 3 is 0.944 bits per heavy atom. The summed E-state index contributed by atoms with van der Waals surface area (Å²) in [5, 5.41) is 14.1. The fourth-order valence-corrected chi connectivity index (χ4v) is 19.2. The van der Waals surface area contributed by atoms with Crippen LogP contribution in [0.1, 0.15) is 96.3 Å². The molecule has 0 saturated carbocycles. The van der Waals surface area contributed by atoms with Crippen molar-refractivity contribution in [2.24, 2.45) is 0 Å². The molecule has 0 bridgehead atoms. The van der Waals surface area contributed by atoms with Crippen LogP contribution >= 0.6 is 11.6 Å². The molecule has 2 N–H and O–H groups in total. The zero-order valence-corrected chi connectivity index (χ0v) is 55.0. The van der Waals surface area contributed by atoms with Gasteiger partial charge in [0, 0.05) is 38.2 Å². The molecule has 0 radical (unpaired) electrons. The van der Waals surface area contributed by atoms with Crippen molar-refractivity contribution in [2.75, 3.05) is 0 Å². The van der Waals surface area contributed by atoms with Crippen LogP contribution in [0.3, 0.4) is 0 Å². The molecule has 18 aromatic rings. The summed E-state index contributed by atoms with van der Waals surface area (Å²) < 4.78 is 472. The highest BCUT2D eigenvalue weighted by Gasteiger charge is 2.43. The molecule has 0 unspecified atom stereocenters. The topological polar surface area (TPSA) is 128 Å². The maximum atomic E-state index is 10.3. The highest BCUT2D eigenvalue weighted by atomic mass is 35.5. The SMILES string of the molecule is C.C.C.[2H]c1c([2H])c([2H])c(-c2nc(-c3c([2H])c([2H])c([2H])c([Si](c4ccccc4)(c4c([2H])c([2H])c([2H])c([2H])c4[2H])c4c([2H])c([2H])c([2H])c([2H])c4[2H])c3[2H])nc(-n3c4c([2H])c([2H])c([2H])c([2H])c4c4c([2H])c([2H])c([2H])c([2H])c43)n2)c([2H])c1[2H].[2H]c1c([2H])c([2H])c(-c2nc(Cl)nc(-n3c4c([2H])c([2H])c([2H])c([2H])c4c4c([2H])c([2H])c([2H])c([2H])c43)n2)c([2H])c1[2H].[2H]c1c([2H])c([2H])c([Si](c2ccccc2)(c2c([2H])c([2H])c([2H])c([2H])c2[2H])c2c([2H])c([2H])c([2H])c(B(O)O)c2[2H])c([2H])c1[2H]. The number of nitrogens with zero attached hydrogens (tertiary/aromatic N) is 8. The lowest BCUT2D eigenvalue weighted by Crippen LogP contribution is -2.75. The highest BCUT2D eigenvalue weighted by Crippen LogP contribution is 2.34. The van der Waals surface area contributed by atoms with E-state index in [0.29, 0.717) is 0 Å². The summed E-state index contributed by atoms with van der Waals surface area (Å²) in [6.07, 6.45) is 0. The first-order valence-electron chi connectivity index (χ1n) is 57.1. The number of aromatic nitrogens is 8. The third-order valence-electron chi connectivity index (χ3n) is 15.5. The molecular weight excluding hydrogens is 1360 g/mol. The zero-order chi connectivity index (χ0) is 117. The lowest BCUT2D eigenvalue weighted by molar-refractivity contribution is 0.426. The fourth-order valence-electron chi connectivity index (χ4n) is 11.3. The van der Waals surface area contributed by atoms with E-state index in [-0.39, 0.29) is 54.5 Å². The van der Waals surface area contributed by atoms with Crippen LogP contribution in [0.15, 0.2) is 387 Å². The molecular formula is C93H78BClN8O2Si2. The van der Waals surface area contributed by atoms with Gasteiger partial charge in [0.15, 0.2) is 33.6 Å². The maximum Gasteiger partial charge on any atom is 0.488 e. The minimum Gasteiger partial charge on any atom is -0.423 e. The van der Waals surface area contributed by atoms with E-state index in [1.54, 1.807) is 6.07 Å². The van der Waals surface area contributed by atoms with E-state index in [2.05, 4.69) is 29.9 Å². The monoisotopic (exact) mass is 1490 g/mol. The zero-order valence-electron chi connectivity index (χ0n) is 106. The number of fused-ring (bicyclic) bond motifs is 6. The van der Waals surface area contributed by atoms with Gasteiger partial charge in [0.2, 0.25) is 17.2 Å². The Balaban J connectivity index is 0.000000215. The average Bonchev–Trinajstić information content (AvgIpc) is 1.67. The number of hydrogen-bond donors (Lipinski definition) is 2. The summed E-state index contributed by atoms with van der Waals surface area (Å²) in [6.45, 7) is 0. The van der Waals surface area contributed by atoms with E-state index in [4.69, 9.17) is 74.7 Å². The Kier molecular flexibility index (Phi) is 9.76. The third kappa shape index (κ3) is 14.1. The van der Waals surface area contributed by atoms with Gasteiger partial charge in [-0.3, -0.25) is 9.13 Å². The minimum atomic E-state index is -5.61. The standard InChI is InChI=1S/C45H32N4Si.C24H21BO2Si.C21H13ClN4.3CH4/c1-5-18-33(19-6-1)43-46-44(48-45(47-43)49-41-30-15-13-28-39(41)40-29-14-16-31-42(40)49)34-20-17-27-38(32-34)50(35-21-7-2-8-22-35,36-23-9-3-10-24-36)37-25-11-4-12-26-37;26-25(27)20-11-10-18-24(19-20)28(21-12-4-1-5-13-21,22-14-6-2-7-15-22)23-16-8-3-9-17-23;22-20-23-19(14-8-2-1-3-9-14)24-21(25-20)26-17-12-6-4-10-15(17)16-11-5-7-13-18(16)26;;;/h1-32H;1-19,26-27H;1-13H;3*1H4/i1D,2D,3D,5D,6D,7D,8D,9D,10D,13D,14D,15D,16D,17D,18D,19D,20D,21D,22D,23D,24D,27D,28D,29D,30D,31D,32D;1D,2D,4D,5D,6D,7D,10D,11D,12D,13D,14D,15D,18D,19D;1D,2D,3D,4D,5D,6D,7D,8D,9D,10D,11D,12D,13D;;;. The maximum absolute atomic E-state index is 10.3. The number of benzene rings is 14. The molecule has 14 heteroatoms. The molecule has 107 heavy (non-hydrogen) atoms. The summed E-state index contributed by atoms with van der Waals surface area (Å²) in [5.41, 5.74) is -4.74. The molecule has 520 valence electrons. The summed E-state index contributed by atoms with van der Waals surface area (Å²) in [4.78, 5) is 25.5. The van der Waals surface area contributed by atoms with Crippen LogP contribution in [-0.2, 0) is 0 Å². The van der Waals surface area contributed by atoms with Gasteiger partial charge < -0.3 is 10.0 Å². The molecule has 0 spiro atoms. The van der Waals surface area contributed by atoms with Crippen LogP contribution in [0, 0.1) is 0 Å². The average molecular weight is 1500 g/mol. The Bertz CT molecular complexity index is 8980. The summed E-state index contributed by atoms with van der Waals surface area (Å²) in [5.74, 6) is -3.71. The van der Waals surface area contributed by atoms with E-state index in [9.17, 15) is 21.0 Å². The third-order valence-corrected chi connectivity index (χ3v) is 24.1. The van der Waals surface area contributed by atoms with Crippen LogP contribution in [0.2, 0.25) is 5.28 Å². The van der Waals surface area contributed by atoms with Crippen molar-refractivity contribution >= 4 is 125 Å². The van der Waals surface area contributed by atoms with Crippen LogP contribution in [0.5, 0.6) is 0 Å². The van der Waals surface area contributed by atoms with Crippen LogP contribution < -0.4 is 47.0 Å². The number of rotatable bonds is 14. The first-order valence-corrected chi connectivity index (χ1v) is 34.5. The molecule has 18 rings (SSSR count). The van der Waals surface area contributed by atoms with Gasteiger partial charge in [0.25, 0.3) is 0 Å². The van der Waals surface area contributed by atoms with Crippen LogP contribution in [-0.4, -0.2) is 72.4 Å². The predicted octanol–water partition coefficient (Wildman–Crippen LogP) is 15.6. The van der Waals surface area contributed by atoms with E-state index >= 15 is 0 Å². The second-order valence-corrected chi connectivity index (χ2v) is 28.7. The molecule has 0 atom stereocenters.